The number of hydrogen-bond acceptors (Lipinski definition) is 25. The SMILES string of the molecule is CCN(CC)c1ccc2cc(-c3nc4cc(C(=O)NCCN(CCCC(=O)NCCCCCNC(=O)c5cccc(OCC(N=[N+]=[N-])OCC(=O)NCC#Cc6cn([C@H]7C[C@@H](OCN=[N+]=[N-])[C@@H](COP(=O)(O)OP(=O)(O)OP(=O)(O)O)O7)c7ncnc(N)c67)c5)C(=O)C5=C/C=C\C=C/C=C\5)ccc4o3)c(=O)oc2c1. The van der Waals surface area contributed by atoms with Gasteiger partial charge in [-0.15, -0.1) is 0 Å². The monoisotopic (exact) mass is 1560 g/mol. The van der Waals surface area contributed by atoms with E-state index in [1.165, 1.54) is 16.8 Å². The standard InChI is InChI=1S/C67H76N17O22P3/c1-3-82(4-2)48-24-22-44-33-50(67(90)104-53(44)35-48)65-78-51-34-46(23-25-52(51)103-65)64(88)74-29-31-83(66(89)43-16-9-6-5-7-10-17-43)30-15-21-56(85)71-26-11-8-12-27-73-63(87)45-18-13-20-49(32-45)98-40-58(79-81-70)99-39-57(86)72-28-14-19-47-37-84(62-60(47)61(68)75-41-76-62)59-36-54(100-42-77-80-69)55(102-59)38-101-108(94,95)106-109(96,97)105-107(91,92)93/h5-7,9-10,13,16-18,20,22-25,32-35,37,41,54-55,58-59H,3-4,8,11-12,15,21,26-31,36,38-40,42H2,1-2H3,(H,71,85)(H,72,86)(H,73,87)(H,74,88)(H,94,95)(H,96,97)(H2,68,75,76)(H2,91,92,93)/b6-5-,7-5?,9-6?,10-7-,16-9-,17-10?,43-16?,43-17+/t54-,55-,58?,59-/m1/s1. The second-order valence-corrected chi connectivity index (χ2v) is 28.1. The number of aromatic nitrogens is 4. The van der Waals surface area contributed by atoms with Crippen LogP contribution in [0.25, 0.3) is 65.4 Å². The zero-order valence-electron chi connectivity index (χ0n) is 58.5. The Hall–Kier alpha value is -10.9. The minimum atomic E-state index is -5.84. The second kappa shape index (κ2) is 39.3. The third kappa shape index (κ3) is 24.3. The van der Waals surface area contributed by atoms with Gasteiger partial charge in [0, 0.05) is 109 Å². The van der Waals surface area contributed by atoms with Crippen LogP contribution in [0.4, 0.5) is 11.5 Å². The number of fused-ring (bicyclic) bond motifs is 3. The first kappa shape index (κ1) is 82.2. The van der Waals surface area contributed by atoms with Crippen molar-refractivity contribution >= 4 is 97.6 Å². The van der Waals surface area contributed by atoms with E-state index < -0.39 is 91.4 Å². The van der Waals surface area contributed by atoms with Crippen LogP contribution in [0.5, 0.6) is 5.75 Å². The molecule has 5 amide bonds. The molecule has 9 rings (SSSR count). The first-order valence-corrected chi connectivity index (χ1v) is 38.2. The van der Waals surface area contributed by atoms with E-state index in [1.54, 1.807) is 83.8 Å². The summed E-state index contributed by atoms with van der Waals surface area (Å²) in [6, 6.07) is 18.2. The number of phosphoric acid groups is 3. The topological polar surface area (TPSA) is 547 Å². The maximum atomic E-state index is 13.9. The van der Waals surface area contributed by atoms with E-state index in [2.05, 4.69) is 81.6 Å². The van der Waals surface area contributed by atoms with Gasteiger partial charge in [-0.1, -0.05) is 58.5 Å². The smallest absolute Gasteiger partial charge is 0.490 e. The third-order valence-corrected chi connectivity index (χ3v) is 20.1. The van der Waals surface area contributed by atoms with Crippen molar-refractivity contribution in [2.75, 3.05) is 89.5 Å². The molecular weight excluding hydrogens is 1490 g/mol. The predicted molar refractivity (Wildman–Crippen MR) is 392 cm³/mol. The summed E-state index contributed by atoms with van der Waals surface area (Å²) >= 11 is 0. The van der Waals surface area contributed by atoms with E-state index in [1.807, 2.05) is 38.1 Å². The normalized spacial score (nSPS) is 17.4. The number of nitrogens with one attached hydrogen (secondary N) is 4. The Balaban J connectivity index is 0.674. The Bertz CT molecular complexity index is 4990. The van der Waals surface area contributed by atoms with Gasteiger partial charge in [-0.25, -0.2) is 33.4 Å². The van der Waals surface area contributed by atoms with Crippen molar-refractivity contribution in [2.45, 2.75) is 77.0 Å². The summed E-state index contributed by atoms with van der Waals surface area (Å²) in [5.74, 6) is 3.88. The van der Waals surface area contributed by atoms with Gasteiger partial charge in [-0.05, 0) is 117 Å². The number of anilines is 2. The van der Waals surface area contributed by atoms with Gasteiger partial charge >= 0.3 is 29.1 Å². The molecule has 1 fully saturated rings. The van der Waals surface area contributed by atoms with Gasteiger partial charge in [0.25, 0.3) is 17.7 Å². The molecule has 3 unspecified atom stereocenters. The van der Waals surface area contributed by atoms with Gasteiger partial charge in [-0.3, -0.25) is 28.5 Å². The lowest BCUT2D eigenvalue weighted by molar-refractivity contribution is -0.128. The van der Waals surface area contributed by atoms with Crippen LogP contribution in [0.3, 0.4) is 0 Å². The molecule has 1 aliphatic heterocycles. The Kier molecular flexibility index (Phi) is 29.6. The fourth-order valence-electron chi connectivity index (χ4n) is 11.1. The molecule has 7 aromatic rings. The van der Waals surface area contributed by atoms with Gasteiger partial charge < -0.3 is 88.7 Å². The Labute approximate surface area is 620 Å². The number of unbranched alkanes of at least 4 members (excludes halogenated alkanes) is 2. The average Bonchev–Trinajstić information content (AvgIpc) is 1.57. The van der Waals surface area contributed by atoms with Gasteiger partial charge in [0.1, 0.15) is 72.5 Å². The zero-order valence-corrected chi connectivity index (χ0v) is 61.2. The summed E-state index contributed by atoms with van der Waals surface area (Å²) in [5, 5.41) is 19.0. The Morgan fingerprint density at radius 1 is 0.817 bits per heavy atom. The molecule has 1 aliphatic carbocycles. The third-order valence-electron chi connectivity index (χ3n) is 16.2. The highest BCUT2D eigenvalue weighted by Gasteiger charge is 2.44. The number of carbonyl (C=O) groups is 5. The zero-order chi connectivity index (χ0) is 78.1. The Morgan fingerprint density at radius 2 is 1.58 bits per heavy atom. The second-order valence-electron chi connectivity index (χ2n) is 23.7. The molecule has 5 heterocycles. The average molecular weight is 1560 g/mol. The van der Waals surface area contributed by atoms with Crippen LogP contribution in [0.1, 0.15) is 84.9 Å². The predicted octanol–water partition coefficient (Wildman–Crippen LogP) is 7.92. The summed E-state index contributed by atoms with van der Waals surface area (Å²) in [4.78, 5) is 139. The van der Waals surface area contributed by atoms with Crippen LogP contribution in [0.15, 0.2) is 151 Å². The van der Waals surface area contributed by atoms with Crippen LogP contribution >= 0.6 is 23.5 Å². The van der Waals surface area contributed by atoms with Crippen molar-refractivity contribution in [3.05, 3.63) is 175 Å². The highest BCUT2D eigenvalue weighted by Crippen LogP contribution is 2.66. The lowest BCUT2D eigenvalue weighted by Gasteiger charge is -2.23. The van der Waals surface area contributed by atoms with Crippen molar-refractivity contribution in [1.29, 1.82) is 0 Å². The number of ether oxygens (including phenoxy) is 4. The molecule has 109 heavy (non-hydrogen) atoms. The molecule has 4 aromatic heterocycles. The molecule has 1 saturated heterocycles. The van der Waals surface area contributed by atoms with Crippen molar-refractivity contribution in [1.82, 2.24) is 45.7 Å². The lowest BCUT2D eigenvalue weighted by atomic mass is 10.1. The van der Waals surface area contributed by atoms with E-state index in [0.29, 0.717) is 66.4 Å². The van der Waals surface area contributed by atoms with E-state index in [4.69, 9.17) is 53.4 Å². The molecule has 42 heteroatoms. The quantitative estimate of drug-likeness (QED) is 0.00336. The summed E-state index contributed by atoms with van der Waals surface area (Å²) in [5.41, 5.74) is 27.2. The number of nitrogens with zero attached hydrogens (tertiary/aromatic N) is 12. The molecule has 0 radical (unpaired) electrons. The largest absolute Gasteiger partial charge is 0.491 e. The number of phosphoric ester groups is 1. The molecule has 2 aliphatic rings. The molecule has 0 bridgehead atoms. The first-order valence-electron chi connectivity index (χ1n) is 33.7. The van der Waals surface area contributed by atoms with Crippen LogP contribution in [0.2, 0.25) is 0 Å². The number of amides is 5. The molecule has 3 aromatic carbocycles. The molecule has 10 N–H and O–H groups in total. The maximum absolute atomic E-state index is 13.9. The highest BCUT2D eigenvalue weighted by molar-refractivity contribution is 7.66. The van der Waals surface area contributed by atoms with Gasteiger partial charge in [0.2, 0.25) is 17.7 Å². The summed E-state index contributed by atoms with van der Waals surface area (Å²) in [6.45, 7) is 4.13. The number of benzene rings is 3. The highest BCUT2D eigenvalue weighted by atomic mass is 31.3. The molecule has 0 spiro atoms. The van der Waals surface area contributed by atoms with E-state index in [0.717, 1.165) is 25.1 Å². The number of rotatable bonds is 39. The van der Waals surface area contributed by atoms with E-state index in [9.17, 15) is 57.8 Å². The number of allylic oxidation sites excluding steroid dienone is 6. The molecule has 39 nitrogen and oxygen atoms in total. The number of nitrogen functional groups attached to an aromatic ring is 1. The first-order chi connectivity index (χ1) is 52.3. The number of carbonyl (C=O) groups excluding carboxylic acids is 5. The fraction of sp³-hybridized carbons (Fsp3) is 0.358. The van der Waals surface area contributed by atoms with Crippen LogP contribution in [-0.4, -0.2) is 171 Å². The minimum Gasteiger partial charge on any atom is -0.491 e. The van der Waals surface area contributed by atoms with Crippen molar-refractivity contribution in [3.8, 4) is 29.0 Å². The molecule has 6 atom stereocenters. The van der Waals surface area contributed by atoms with Crippen LogP contribution in [0, 0.1) is 11.8 Å². The fourth-order valence-corrected chi connectivity index (χ4v) is 14.2. The van der Waals surface area contributed by atoms with Gasteiger partial charge in [0.15, 0.2) is 11.8 Å². The summed E-state index contributed by atoms with van der Waals surface area (Å²) < 4.78 is 83.7. The number of azide groups is 2. The summed E-state index contributed by atoms with van der Waals surface area (Å²) in [7, 11) is -17.1. The molecular formula is C67H76N17O22P3. The van der Waals surface area contributed by atoms with Crippen LogP contribution in [-0.2, 0) is 55.4 Å². The van der Waals surface area contributed by atoms with Crippen molar-refractivity contribution in [3.63, 3.8) is 0 Å². The number of hydrogen-bond donors (Lipinski definition) is 9. The minimum absolute atomic E-state index is 0.0176. The molecule has 0 saturated carbocycles. The van der Waals surface area contributed by atoms with Crippen molar-refractivity contribution in [2.24, 2.45) is 10.2 Å². The van der Waals surface area contributed by atoms with Gasteiger partial charge in [0.05, 0.1) is 30.2 Å². The van der Waals surface area contributed by atoms with Crippen molar-refractivity contribution < 1.29 is 98.2 Å². The van der Waals surface area contributed by atoms with Gasteiger partial charge in [-0.2, -0.15) is 8.62 Å². The lowest BCUT2D eigenvalue weighted by Crippen LogP contribution is -2.40. The number of nitrogens with two attached hydrogens (primary N) is 1. The van der Waals surface area contributed by atoms with E-state index in [-0.39, 0.29) is 108 Å². The van der Waals surface area contributed by atoms with Crippen LogP contribution < -0.4 is 42.3 Å². The number of oxazole rings is 1. The van der Waals surface area contributed by atoms with E-state index >= 15 is 0 Å². The molecule has 576 valence electrons. The Morgan fingerprint density at radius 3 is 2.35 bits per heavy atom. The summed E-state index contributed by atoms with van der Waals surface area (Å²) in [6.07, 6.45) is 12.4. The maximum Gasteiger partial charge on any atom is 0.490 e.